The summed E-state index contributed by atoms with van der Waals surface area (Å²) in [6.07, 6.45) is 73.6. The maximum absolute atomic E-state index is 13.3. The lowest BCUT2D eigenvalue weighted by Gasteiger charge is -2.40. The normalized spacial score (nSPS) is 18.9. The van der Waals surface area contributed by atoms with Crippen LogP contribution in [-0.2, 0) is 14.3 Å². The monoisotopic (exact) mass is 1230 g/mol. The van der Waals surface area contributed by atoms with Gasteiger partial charge in [0.1, 0.15) is 36.6 Å². The molecule has 1 aliphatic rings. The van der Waals surface area contributed by atoms with Crippen molar-refractivity contribution in [2.24, 2.45) is 0 Å². The first-order valence-electron chi connectivity index (χ1n) is 37.5. The number of aliphatic hydroxyl groups excluding tert-OH is 7. The zero-order valence-electron chi connectivity index (χ0n) is 56.8. The van der Waals surface area contributed by atoms with Gasteiger partial charge in [-0.1, -0.05) is 319 Å². The van der Waals surface area contributed by atoms with E-state index in [1.807, 2.05) is 0 Å². The molecule has 9 unspecified atom stereocenters. The number of ether oxygens (including phenoxy) is 2. The Morgan fingerprint density at radius 3 is 1.02 bits per heavy atom. The molecule has 0 spiro atoms. The van der Waals surface area contributed by atoms with Crippen LogP contribution in [0.15, 0.2) is 48.6 Å². The summed E-state index contributed by atoms with van der Waals surface area (Å²) in [5.41, 5.74) is 0. The molecule has 1 amide bonds. The first-order chi connectivity index (χ1) is 42.7. The molecule has 1 fully saturated rings. The summed E-state index contributed by atoms with van der Waals surface area (Å²) in [6, 6.07) is -1.20. The van der Waals surface area contributed by atoms with E-state index in [4.69, 9.17) is 9.47 Å². The Bertz CT molecular complexity index is 1560. The highest BCUT2D eigenvalue weighted by atomic mass is 16.7. The number of nitrogens with one attached hydrogen (secondary N) is 1. The molecule has 0 aromatic rings. The van der Waals surface area contributed by atoms with Gasteiger partial charge in [0.2, 0.25) is 5.91 Å². The van der Waals surface area contributed by atoms with Crippen LogP contribution in [0.5, 0.6) is 0 Å². The number of allylic oxidation sites excluding steroid dienone is 8. The molecule has 87 heavy (non-hydrogen) atoms. The Kier molecular flexibility index (Phi) is 61.3. The third-order valence-electron chi connectivity index (χ3n) is 18.1. The lowest BCUT2D eigenvalue weighted by Crippen LogP contribution is -2.60. The third kappa shape index (κ3) is 51.3. The molecule has 9 atom stereocenters. The molecule has 1 heterocycles. The summed E-state index contributed by atoms with van der Waals surface area (Å²) in [5, 5.41) is 76.6. The molecule has 0 aliphatic carbocycles. The largest absolute Gasteiger partial charge is 0.394 e. The number of unbranched alkanes of at least 4 members (excludes halogenated alkanes) is 46. The second-order valence-electron chi connectivity index (χ2n) is 26.3. The topological polar surface area (TPSA) is 189 Å². The number of aliphatic hydroxyl groups is 7. The predicted molar refractivity (Wildman–Crippen MR) is 367 cm³/mol. The molecule has 0 aromatic carbocycles. The van der Waals surface area contributed by atoms with Gasteiger partial charge in [-0.05, 0) is 89.9 Å². The fourth-order valence-corrected chi connectivity index (χ4v) is 12.1. The van der Waals surface area contributed by atoms with E-state index in [9.17, 15) is 40.5 Å². The molecule has 0 saturated carbocycles. The van der Waals surface area contributed by atoms with E-state index in [0.717, 1.165) is 44.9 Å². The van der Waals surface area contributed by atoms with Crippen LogP contribution in [0.25, 0.3) is 0 Å². The summed E-state index contributed by atoms with van der Waals surface area (Å²) >= 11 is 0. The van der Waals surface area contributed by atoms with Crippen molar-refractivity contribution in [3.63, 3.8) is 0 Å². The van der Waals surface area contributed by atoms with E-state index >= 15 is 0 Å². The van der Waals surface area contributed by atoms with Gasteiger partial charge >= 0.3 is 0 Å². The Morgan fingerprint density at radius 1 is 0.391 bits per heavy atom. The number of rotatable bonds is 66. The molecule has 0 aromatic heterocycles. The molecular weight excluding hydrogens is 1090 g/mol. The van der Waals surface area contributed by atoms with Gasteiger partial charge in [-0.2, -0.15) is 0 Å². The molecule has 1 rings (SSSR count). The van der Waals surface area contributed by atoms with E-state index in [1.165, 1.54) is 270 Å². The highest BCUT2D eigenvalue weighted by molar-refractivity contribution is 5.80. The number of hydrogen-bond acceptors (Lipinski definition) is 10. The first-order valence-corrected chi connectivity index (χ1v) is 37.5. The molecule has 11 heteroatoms. The summed E-state index contributed by atoms with van der Waals surface area (Å²) in [6.45, 7) is 3.49. The van der Waals surface area contributed by atoms with Crippen LogP contribution < -0.4 is 5.32 Å². The zero-order chi connectivity index (χ0) is 63.1. The van der Waals surface area contributed by atoms with Crippen LogP contribution in [0.1, 0.15) is 361 Å². The number of carbonyl (C=O) groups is 1. The van der Waals surface area contributed by atoms with Crippen molar-refractivity contribution in [1.82, 2.24) is 5.32 Å². The van der Waals surface area contributed by atoms with Crippen LogP contribution in [0.4, 0.5) is 0 Å². The van der Waals surface area contributed by atoms with Crippen molar-refractivity contribution >= 4 is 5.91 Å². The average Bonchev–Trinajstić information content (AvgIpc) is 1.97. The van der Waals surface area contributed by atoms with Gasteiger partial charge in [0.05, 0.1) is 25.4 Å². The van der Waals surface area contributed by atoms with Crippen molar-refractivity contribution in [2.75, 3.05) is 13.2 Å². The standard InChI is InChI=1S/C76H143NO10/c1-3-5-7-9-11-13-15-17-19-21-23-25-27-29-31-33-34-35-36-38-39-41-43-45-47-49-51-53-55-57-59-61-63-68(79)71(81)67(66-86-76-74(84)73(83)72(82)70(65-78)87-76)77-75(85)69(80)64-62-60-58-56-54-52-50-48-46-44-42-40-37-32-30-28-26-24-22-20-18-16-14-12-10-8-6-4-2/h30,32,39,41,47,49,55,57,67-74,76,78-84H,3-29,31,33-38,40,42-46,48,50-54,56,58-66H2,1-2H3,(H,77,85)/b32-30-,41-39+,49-47+,57-55+. The van der Waals surface area contributed by atoms with Gasteiger partial charge in [-0.15, -0.1) is 0 Å². The third-order valence-corrected chi connectivity index (χ3v) is 18.1. The second-order valence-corrected chi connectivity index (χ2v) is 26.3. The smallest absolute Gasteiger partial charge is 0.249 e. The minimum absolute atomic E-state index is 0.241. The Labute approximate surface area is 536 Å². The van der Waals surface area contributed by atoms with E-state index in [2.05, 4.69) is 67.8 Å². The Hall–Kier alpha value is -1.93. The molecule has 1 saturated heterocycles. The summed E-state index contributed by atoms with van der Waals surface area (Å²) in [7, 11) is 0. The van der Waals surface area contributed by atoms with Crippen molar-refractivity contribution in [3.05, 3.63) is 48.6 Å². The molecule has 1 aliphatic heterocycles. The summed E-state index contributed by atoms with van der Waals surface area (Å²) in [5.74, 6) is -0.709. The summed E-state index contributed by atoms with van der Waals surface area (Å²) in [4.78, 5) is 13.3. The molecule has 512 valence electrons. The first kappa shape index (κ1) is 83.1. The molecule has 0 radical (unpaired) electrons. The SMILES string of the molecule is CCCCCCCCCCCCCC/C=C\CCCCCCCCCCCCCCC(O)C(=O)NC(COC1OC(CO)C(O)C(O)C1O)C(O)C(O)CCC/C=C/CC/C=C/CC/C=C/CCCCCCCCCCCCCCCCCCCCC. The van der Waals surface area contributed by atoms with Gasteiger partial charge < -0.3 is 50.5 Å². The second kappa shape index (κ2) is 64.2. The van der Waals surface area contributed by atoms with Crippen molar-refractivity contribution in [1.29, 1.82) is 0 Å². The lowest BCUT2D eigenvalue weighted by atomic mass is 9.98. The summed E-state index contributed by atoms with van der Waals surface area (Å²) < 4.78 is 11.2. The predicted octanol–water partition coefficient (Wildman–Crippen LogP) is 18.7. The molecule has 11 nitrogen and oxygen atoms in total. The maximum atomic E-state index is 13.3. The quantitative estimate of drug-likeness (QED) is 0.0215. The van der Waals surface area contributed by atoms with Gasteiger partial charge in [-0.25, -0.2) is 0 Å². The van der Waals surface area contributed by atoms with E-state index in [0.29, 0.717) is 19.3 Å². The molecule has 0 bridgehead atoms. The van der Waals surface area contributed by atoms with Crippen molar-refractivity contribution in [2.45, 2.75) is 416 Å². The lowest BCUT2D eigenvalue weighted by molar-refractivity contribution is -0.303. The van der Waals surface area contributed by atoms with E-state index in [1.54, 1.807) is 0 Å². The van der Waals surface area contributed by atoms with Crippen LogP contribution in [-0.4, -0.2) is 110 Å². The van der Waals surface area contributed by atoms with Crippen LogP contribution >= 0.6 is 0 Å². The average molecular weight is 1230 g/mol. The maximum Gasteiger partial charge on any atom is 0.249 e. The fourth-order valence-electron chi connectivity index (χ4n) is 12.1. The Balaban J connectivity index is 2.21. The van der Waals surface area contributed by atoms with Crippen molar-refractivity contribution < 1.29 is 50.0 Å². The van der Waals surface area contributed by atoms with Gasteiger partial charge in [0.15, 0.2) is 6.29 Å². The van der Waals surface area contributed by atoms with E-state index < -0.39 is 74.2 Å². The minimum atomic E-state index is -1.68. The van der Waals surface area contributed by atoms with Crippen LogP contribution in [0.2, 0.25) is 0 Å². The number of hydrogen-bond donors (Lipinski definition) is 8. The minimum Gasteiger partial charge on any atom is -0.394 e. The number of carbonyl (C=O) groups excluding carboxylic acids is 1. The van der Waals surface area contributed by atoms with Gasteiger partial charge in [0.25, 0.3) is 0 Å². The molecule has 8 N–H and O–H groups in total. The fraction of sp³-hybridized carbons (Fsp3) is 0.882. The van der Waals surface area contributed by atoms with Crippen LogP contribution in [0, 0.1) is 0 Å². The number of amides is 1. The highest BCUT2D eigenvalue weighted by Gasteiger charge is 2.44. The Morgan fingerprint density at radius 2 is 0.690 bits per heavy atom. The van der Waals surface area contributed by atoms with Crippen molar-refractivity contribution in [3.8, 4) is 0 Å². The molecular formula is C76H143NO10. The van der Waals surface area contributed by atoms with E-state index in [-0.39, 0.29) is 12.8 Å². The van der Waals surface area contributed by atoms with Gasteiger partial charge in [-0.3, -0.25) is 4.79 Å². The zero-order valence-corrected chi connectivity index (χ0v) is 56.8. The van der Waals surface area contributed by atoms with Gasteiger partial charge in [0, 0.05) is 0 Å². The van der Waals surface area contributed by atoms with Crippen LogP contribution in [0.3, 0.4) is 0 Å². The highest BCUT2D eigenvalue weighted by Crippen LogP contribution is 2.24.